The minimum absolute atomic E-state index is 0.162. The van der Waals surface area contributed by atoms with Gasteiger partial charge in [0, 0.05) is 16.6 Å². The van der Waals surface area contributed by atoms with E-state index in [0.717, 1.165) is 22.7 Å². The van der Waals surface area contributed by atoms with Gasteiger partial charge in [-0.15, -0.1) is 10.2 Å². The van der Waals surface area contributed by atoms with Crippen LogP contribution in [0.5, 0.6) is 0 Å². The van der Waals surface area contributed by atoms with Crippen LogP contribution in [0.2, 0.25) is 5.02 Å². The fraction of sp³-hybridized carbons (Fsp3) is 0.240. The zero-order valence-electron chi connectivity index (χ0n) is 18.7. The third-order valence-electron chi connectivity index (χ3n) is 5.16. The number of nitrogens with zero attached hydrogens (tertiary/aromatic N) is 3. The Bertz CT molecular complexity index is 1220. The van der Waals surface area contributed by atoms with Crippen LogP contribution in [0.25, 0.3) is 0 Å². The molecule has 2 heterocycles. The molecule has 1 N–H and O–H groups in total. The molecular formula is C25H25ClN4O2S. The first-order chi connectivity index (χ1) is 15.9. The standard InChI is InChI=1S/C25H25ClN4O2S/c1-16(2)23-28-29-25(30(23)15-20-10-7-13-32-20)33-22(18-8-5-4-6-9-18)24(31)27-19-12-11-17(3)21(26)14-19/h4-14,16,22H,15H2,1-3H3,(H,27,31). The van der Waals surface area contributed by atoms with Crippen LogP contribution >= 0.6 is 23.4 Å². The summed E-state index contributed by atoms with van der Waals surface area (Å²) in [4.78, 5) is 13.4. The van der Waals surface area contributed by atoms with E-state index in [-0.39, 0.29) is 11.8 Å². The van der Waals surface area contributed by atoms with Gasteiger partial charge in [-0.1, -0.05) is 73.6 Å². The molecule has 0 saturated carbocycles. The summed E-state index contributed by atoms with van der Waals surface area (Å²) in [6, 6.07) is 18.9. The van der Waals surface area contributed by atoms with E-state index in [0.29, 0.717) is 22.4 Å². The van der Waals surface area contributed by atoms with Crippen LogP contribution < -0.4 is 5.32 Å². The Morgan fingerprint density at radius 3 is 2.58 bits per heavy atom. The quantitative estimate of drug-likeness (QED) is 0.292. The van der Waals surface area contributed by atoms with Crippen LogP contribution in [0.15, 0.2) is 76.5 Å². The highest BCUT2D eigenvalue weighted by molar-refractivity contribution is 8.00. The Balaban J connectivity index is 1.66. The molecule has 170 valence electrons. The lowest BCUT2D eigenvalue weighted by Gasteiger charge is -2.18. The summed E-state index contributed by atoms with van der Waals surface area (Å²) in [7, 11) is 0. The van der Waals surface area contributed by atoms with Crippen LogP contribution in [-0.2, 0) is 11.3 Å². The fourth-order valence-corrected chi connectivity index (χ4v) is 4.63. The molecule has 0 radical (unpaired) electrons. The summed E-state index contributed by atoms with van der Waals surface area (Å²) in [5.41, 5.74) is 2.48. The van der Waals surface area contributed by atoms with E-state index in [1.807, 2.05) is 66.1 Å². The largest absolute Gasteiger partial charge is 0.467 e. The Morgan fingerprint density at radius 1 is 1.12 bits per heavy atom. The highest BCUT2D eigenvalue weighted by Gasteiger charge is 2.27. The van der Waals surface area contributed by atoms with Crippen molar-refractivity contribution in [3.63, 3.8) is 0 Å². The summed E-state index contributed by atoms with van der Waals surface area (Å²) >= 11 is 7.62. The molecule has 4 rings (SSSR count). The van der Waals surface area contributed by atoms with Crippen molar-refractivity contribution in [1.82, 2.24) is 14.8 Å². The smallest absolute Gasteiger partial charge is 0.242 e. The van der Waals surface area contributed by atoms with Crippen molar-refractivity contribution in [2.75, 3.05) is 5.32 Å². The Kier molecular flexibility index (Phi) is 7.20. The average molecular weight is 481 g/mol. The second kappa shape index (κ2) is 10.3. The molecule has 2 aromatic heterocycles. The number of thioether (sulfide) groups is 1. The number of nitrogens with one attached hydrogen (secondary N) is 1. The summed E-state index contributed by atoms with van der Waals surface area (Å²) in [6.45, 7) is 6.56. The van der Waals surface area contributed by atoms with Gasteiger partial charge in [0.1, 0.15) is 16.8 Å². The lowest BCUT2D eigenvalue weighted by atomic mass is 10.1. The highest BCUT2D eigenvalue weighted by Crippen LogP contribution is 2.37. The Labute approximate surface area is 202 Å². The maximum absolute atomic E-state index is 13.4. The van der Waals surface area contributed by atoms with Crippen LogP contribution in [0.3, 0.4) is 0 Å². The predicted octanol–water partition coefficient (Wildman–Crippen LogP) is 6.48. The molecule has 0 aliphatic rings. The molecule has 1 unspecified atom stereocenters. The molecule has 0 aliphatic heterocycles. The second-order valence-electron chi connectivity index (χ2n) is 8.02. The lowest BCUT2D eigenvalue weighted by molar-refractivity contribution is -0.115. The number of carbonyl (C=O) groups is 1. The molecule has 1 amide bonds. The number of anilines is 1. The zero-order chi connectivity index (χ0) is 23.4. The van der Waals surface area contributed by atoms with Crippen LogP contribution in [-0.4, -0.2) is 20.7 Å². The van der Waals surface area contributed by atoms with Gasteiger partial charge < -0.3 is 9.73 Å². The van der Waals surface area contributed by atoms with Gasteiger partial charge >= 0.3 is 0 Å². The molecule has 0 aliphatic carbocycles. The molecule has 8 heteroatoms. The van der Waals surface area contributed by atoms with Gasteiger partial charge in [0.05, 0.1) is 12.8 Å². The molecule has 0 spiro atoms. The van der Waals surface area contributed by atoms with E-state index in [9.17, 15) is 4.79 Å². The minimum atomic E-state index is -0.536. The highest BCUT2D eigenvalue weighted by atomic mass is 35.5. The van der Waals surface area contributed by atoms with E-state index >= 15 is 0 Å². The fourth-order valence-electron chi connectivity index (χ4n) is 3.41. The number of hydrogen-bond donors (Lipinski definition) is 1. The van der Waals surface area contributed by atoms with Crippen molar-refractivity contribution in [2.45, 2.75) is 43.6 Å². The van der Waals surface area contributed by atoms with E-state index in [1.54, 1.807) is 12.3 Å². The number of aromatic nitrogens is 3. The number of amides is 1. The SMILES string of the molecule is Cc1ccc(NC(=O)C(Sc2nnc(C(C)C)n2Cc2ccco2)c2ccccc2)cc1Cl. The van der Waals surface area contributed by atoms with Gasteiger partial charge in [-0.05, 0) is 42.3 Å². The summed E-state index contributed by atoms with van der Waals surface area (Å²) < 4.78 is 7.57. The summed E-state index contributed by atoms with van der Waals surface area (Å²) in [6.07, 6.45) is 1.65. The van der Waals surface area contributed by atoms with Crippen molar-refractivity contribution in [3.8, 4) is 0 Å². The average Bonchev–Trinajstić information content (AvgIpc) is 3.45. The zero-order valence-corrected chi connectivity index (χ0v) is 20.2. The van der Waals surface area contributed by atoms with Crippen molar-refractivity contribution in [3.05, 3.63) is 94.7 Å². The lowest BCUT2D eigenvalue weighted by Crippen LogP contribution is -2.20. The number of carbonyl (C=O) groups excluding carboxylic acids is 1. The molecule has 33 heavy (non-hydrogen) atoms. The topological polar surface area (TPSA) is 73.0 Å². The van der Waals surface area contributed by atoms with Gasteiger partial charge in [0.25, 0.3) is 0 Å². The number of furan rings is 1. The second-order valence-corrected chi connectivity index (χ2v) is 9.50. The number of rotatable bonds is 8. The summed E-state index contributed by atoms with van der Waals surface area (Å²) in [5.74, 6) is 1.64. The predicted molar refractivity (Wildman–Crippen MR) is 132 cm³/mol. The molecule has 1 atom stereocenters. The van der Waals surface area contributed by atoms with E-state index < -0.39 is 5.25 Å². The molecular weight excluding hydrogens is 456 g/mol. The molecule has 0 saturated heterocycles. The van der Waals surface area contributed by atoms with Crippen molar-refractivity contribution in [1.29, 1.82) is 0 Å². The number of benzene rings is 2. The van der Waals surface area contributed by atoms with Gasteiger partial charge in [0.15, 0.2) is 5.16 Å². The molecule has 0 bridgehead atoms. The first-order valence-electron chi connectivity index (χ1n) is 10.7. The van der Waals surface area contributed by atoms with Crippen LogP contribution in [0.4, 0.5) is 5.69 Å². The Morgan fingerprint density at radius 2 is 1.91 bits per heavy atom. The van der Waals surface area contributed by atoms with Crippen molar-refractivity contribution < 1.29 is 9.21 Å². The molecule has 6 nitrogen and oxygen atoms in total. The monoisotopic (exact) mass is 480 g/mol. The first kappa shape index (κ1) is 23.1. The van der Waals surface area contributed by atoms with E-state index in [1.165, 1.54) is 11.8 Å². The van der Waals surface area contributed by atoms with Crippen LogP contribution in [0, 0.1) is 6.92 Å². The Hall–Kier alpha value is -3.03. The van der Waals surface area contributed by atoms with Gasteiger partial charge in [0.2, 0.25) is 5.91 Å². The minimum Gasteiger partial charge on any atom is -0.467 e. The van der Waals surface area contributed by atoms with Crippen LogP contribution in [0.1, 0.15) is 47.7 Å². The number of halogens is 1. The normalized spacial score (nSPS) is 12.2. The maximum atomic E-state index is 13.4. The number of hydrogen-bond acceptors (Lipinski definition) is 5. The number of aryl methyl sites for hydroxylation is 1. The molecule has 4 aromatic rings. The van der Waals surface area contributed by atoms with E-state index in [2.05, 4.69) is 29.4 Å². The van der Waals surface area contributed by atoms with Crippen molar-refractivity contribution >= 4 is 35.0 Å². The first-order valence-corrected chi connectivity index (χ1v) is 11.9. The van der Waals surface area contributed by atoms with Gasteiger partial charge in [-0.2, -0.15) is 0 Å². The van der Waals surface area contributed by atoms with E-state index in [4.69, 9.17) is 16.0 Å². The van der Waals surface area contributed by atoms with Gasteiger partial charge in [-0.3, -0.25) is 9.36 Å². The molecule has 0 fully saturated rings. The van der Waals surface area contributed by atoms with Gasteiger partial charge in [-0.25, -0.2) is 0 Å². The molecule has 2 aromatic carbocycles. The third kappa shape index (κ3) is 5.49. The summed E-state index contributed by atoms with van der Waals surface area (Å²) in [5, 5.41) is 12.6. The third-order valence-corrected chi connectivity index (χ3v) is 6.80. The maximum Gasteiger partial charge on any atom is 0.242 e. The van der Waals surface area contributed by atoms with Crippen molar-refractivity contribution in [2.24, 2.45) is 0 Å².